The fraction of sp³-hybridized carbons (Fsp3) is 0.667. The number of hydrogen-bond acceptors (Lipinski definition) is 5. The summed E-state index contributed by atoms with van der Waals surface area (Å²) in [7, 11) is 5.83. The second-order valence-corrected chi connectivity index (χ2v) is 5.53. The summed E-state index contributed by atoms with van der Waals surface area (Å²) in [5.41, 5.74) is 1.25. The number of carbonyl (C=O) groups excluding carboxylic acids is 1. The molecule has 118 valence electrons. The summed E-state index contributed by atoms with van der Waals surface area (Å²) in [5.74, 6) is 0.466. The van der Waals surface area contributed by atoms with Gasteiger partial charge in [-0.1, -0.05) is 13.3 Å². The maximum absolute atomic E-state index is 12.3. The smallest absolute Gasteiger partial charge is 0.272 e. The summed E-state index contributed by atoms with van der Waals surface area (Å²) in [6, 6.07) is 1.74. The number of hydrogen-bond donors (Lipinski definition) is 1. The molecule has 0 fully saturated rings. The number of likely N-dealkylation sites (N-methyl/N-ethyl adjacent to an activating group) is 1. The largest absolute Gasteiger partial charge is 0.353 e. The molecule has 0 saturated carbocycles. The highest BCUT2D eigenvalue weighted by atomic mass is 16.2. The average Bonchev–Trinajstić information content (AvgIpc) is 2.42. The van der Waals surface area contributed by atoms with E-state index in [1.807, 2.05) is 28.1 Å². The number of carbonyl (C=O) groups is 1. The lowest BCUT2D eigenvalue weighted by Gasteiger charge is -2.17. The Morgan fingerprint density at radius 2 is 1.95 bits per heavy atom. The van der Waals surface area contributed by atoms with Gasteiger partial charge in [-0.05, 0) is 33.5 Å². The Hall–Kier alpha value is -1.69. The molecule has 0 spiro atoms. The van der Waals surface area contributed by atoms with Crippen LogP contribution in [0.5, 0.6) is 0 Å². The van der Waals surface area contributed by atoms with E-state index >= 15 is 0 Å². The molecule has 21 heavy (non-hydrogen) atoms. The number of amides is 1. The van der Waals surface area contributed by atoms with Gasteiger partial charge in [-0.15, -0.1) is 0 Å². The molecule has 0 bridgehead atoms. The maximum Gasteiger partial charge on any atom is 0.272 e. The van der Waals surface area contributed by atoms with Gasteiger partial charge in [-0.25, -0.2) is 9.97 Å². The minimum absolute atomic E-state index is 0.0513. The van der Waals surface area contributed by atoms with Crippen LogP contribution in [0, 0.1) is 6.92 Å². The van der Waals surface area contributed by atoms with Gasteiger partial charge in [-0.2, -0.15) is 0 Å². The van der Waals surface area contributed by atoms with Crippen LogP contribution in [0.2, 0.25) is 0 Å². The van der Waals surface area contributed by atoms with Crippen LogP contribution in [0.4, 0.5) is 5.95 Å². The van der Waals surface area contributed by atoms with E-state index in [-0.39, 0.29) is 5.91 Å². The van der Waals surface area contributed by atoms with Gasteiger partial charge in [0.1, 0.15) is 5.69 Å². The van der Waals surface area contributed by atoms with Gasteiger partial charge in [0.2, 0.25) is 5.95 Å². The molecule has 0 unspecified atom stereocenters. The van der Waals surface area contributed by atoms with E-state index in [2.05, 4.69) is 27.1 Å². The lowest BCUT2D eigenvalue weighted by Crippen LogP contribution is -2.29. The number of aryl methyl sites for hydroxylation is 1. The Morgan fingerprint density at radius 1 is 1.24 bits per heavy atom. The van der Waals surface area contributed by atoms with E-state index in [4.69, 9.17) is 0 Å². The third kappa shape index (κ3) is 6.08. The van der Waals surface area contributed by atoms with Crippen molar-refractivity contribution in [3.8, 4) is 0 Å². The summed E-state index contributed by atoms with van der Waals surface area (Å²) in [6.07, 6.45) is 2.07. The fourth-order valence-corrected chi connectivity index (χ4v) is 1.84. The summed E-state index contributed by atoms with van der Waals surface area (Å²) in [6.45, 7) is 6.37. The molecule has 0 aliphatic heterocycles. The third-order valence-corrected chi connectivity index (χ3v) is 3.11. The van der Waals surface area contributed by atoms with Crippen LogP contribution < -0.4 is 5.32 Å². The number of anilines is 1. The second-order valence-electron chi connectivity index (χ2n) is 5.53. The van der Waals surface area contributed by atoms with Crippen LogP contribution in [0.25, 0.3) is 0 Å². The predicted octanol–water partition coefficient (Wildman–Crippen LogP) is 1.63. The van der Waals surface area contributed by atoms with Crippen LogP contribution in [0.3, 0.4) is 0 Å². The number of nitrogens with one attached hydrogen (secondary N) is 1. The van der Waals surface area contributed by atoms with E-state index in [1.165, 1.54) is 0 Å². The van der Waals surface area contributed by atoms with Gasteiger partial charge >= 0.3 is 0 Å². The van der Waals surface area contributed by atoms with Crippen LogP contribution in [0.15, 0.2) is 6.07 Å². The highest BCUT2D eigenvalue weighted by molar-refractivity contribution is 5.92. The predicted molar refractivity (Wildman–Crippen MR) is 85.7 cm³/mol. The molecular formula is C15H27N5O. The van der Waals surface area contributed by atoms with E-state index in [0.29, 0.717) is 11.6 Å². The van der Waals surface area contributed by atoms with Crippen molar-refractivity contribution in [3.05, 3.63) is 17.5 Å². The minimum Gasteiger partial charge on any atom is -0.353 e. The monoisotopic (exact) mass is 293 g/mol. The average molecular weight is 293 g/mol. The zero-order valence-corrected chi connectivity index (χ0v) is 13.8. The van der Waals surface area contributed by atoms with Crippen molar-refractivity contribution in [2.75, 3.05) is 46.1 Å². The first-order chi connectivity index (χ1) is 9.93. The minimum atomic E-state index is -0.0513. The van der Waals surface area contributed by atoms with Gasteiger partial charge in [-0.3, -0.25) is 4.79 Å². The fourth-order valence-electron chi connectivity index (χ4n) is 1.84. The highest BCUT2D eigenvalue weighted by Gasteiger charge is 2.14. The molecule has 1 amide bonds. The maximum atomic E-state index is 12.3. The number of unbranched alkanes of at least 4 members (excludes halogenated alkanes) is 1. The summed E-state index contributed by atoms with van der Waals surface area (Å²) in [4.78, 5) is 24.8. The molecule has 0 aliphatic carbocycles. The van der Waals surface area contributed by atoms with Gasteiger partial charge < -0.3 is 15.1 Å². The van der Waals surface area contributed by atoms with Gasteiger partial charge in [0.05, 0.1) is 0 Å². The molecule has 1 aromatic heterocycles. The molecule has 1 rings (SSSR count). The topological polar surface area (TPSA) is 61.4 Å². The Kier molecular flexibility index (Phi) is 7.08. The molecule has 0 aliphatic rings. The molecule has 0 radical (unpaired) electrons. The van der Waals surface area contributed by atoms with Crippen molar-refractivity contribution < 1.29 is 4.79 Å². The van der Waals surface area contributed by atoms with Crippen molar-refractivity contribution in [2.24, 2.45) is 0 Å². The molecule has 1 N–H and O–H groups in total. The van der Waals surface area contributed by atoms with E-state index in [1.54, 1.807) is 11.0 Å². The standard InChI is InChI=1S/C15H27N5O/c1-6-7-9-20(5)14(21)13-11-12(2)17-15(18-13)16-8-10-19(3)4/h11H,6-10H2,1-5H3,(H,16,17,18). The van der Waals surface area contributed by atoms with Crippen LogP contribution in [-0.4, -0.2) is 66.5 Å². The van der Waals surface area contributed by atoms with Crippen LogP contribution in [-0.2, 0) is 0 Å². The Labute approximate surface area is 127 Å². The first-order valence-electron chi connectivity index (χ1n) is 7.43. The molecule has 0 aromatic carbocycles. The Balaban J connectivity index is 2.74. The molecule has 1 aromatic rings. The van der Waals surface area contributed by atoms with Crippen molar-refractivity contribution in [3.63, 3.8) is 0 Å². The van der Waals surface area contributed by atoms with E-state index in [0.717, 1.165) is 38.2 Å². The van der Waals surface area contributed by atoms with Crippen molar-refractivity contribution >= 4 is 11.9 Å². The zero-order valence-electron chi connectivity index (χ0n) is 13.8. The van der Waals surface area contributed by atoms with Crippen LogP contribution in [0.1, 0.15) is 35.9 Å². The lowest BCUT2D eigenvalue weighted by molar-refractivity contribution is 0.0787. The molecule has 6 heteroatoms. The third-order valence-electron chi connectivity index (χ3n) is 3.11. The summed E-state index contributed by atoms with van der Waals surface area (Å²) >= 11 is 0. The van der Waals surface area contributed by atoms with Crippen molar-refractivity contribution in [2.45, 2.75) is 26.7 Å². The van der Waals surface area contributed by atoms with Gasteiger partial charge in [0, 0.05) is 32.4 Å². The highest BCUT2D eigenvalue weighted by Crippen LogP contribution is 2.08. The first-order valence-corrected chi connectivity index (χ1v) is 7.43. The molecule has 0 saturated heterocycles. The zero-order chi connectivity index (χ0) is 15.8. The van der Waals surface area contributed by atoms with Crippen LogP contribution >= 0.6 is 0 Å². The van der Waals surface area contributed by atoms with E-state index in [9.17, 15) is 4.79 Å². The van der Waals surface area contributed by atoms with Crippen molar-refractivity contribution in [1.82, 2.24) is 19.8 Å². The number of rotatable bonds is 8. The normalized spacial score (nSPS) is 10.8. The Bertz CT molecular complexity index is 461. The van der Waals surface area contributed by atoms with Gasteiger partial charge in [0.15, 0.2) is 0 Å². The molecule has 0 atom stereocenters. The first kappa shape index (κ1) is 17.4. The lowest BCUT2D eigenvalue weighted by atomic mass is 10.2. The SMILES string of the molecule is CCCCN(C)C(=O)c1cc(C)nc(NCCN(C)C)n1. The number of nitrogens with zero attached hydrogens (tertiary/aromatic N) is 4. The Morgan fingerprint density at radius 3 is 2.57 bits per heavy atom. The van der Waals surface area contributed by atoms with E-state index < -0.39 is 0 Å². The van der Waals surface area contributed by atoms with Crippen molar-refractivity contribution in [1.29, 1.82) is 0 Å². The van der Waals surface area contributed by atoms with Gasteiger partial charge in [0.25, 0.3) is 5.91 Å². The summed E-state index contributed by atoms with van der Waals surface area (Å²) < 4.78 is 0. The number of aromatic nitrogens is 2. The summed E-state index contributed by atoms with van der Waals surface area (Å²) in [5, 5.41) is 3.16. The quantitative estimate of drug-likeness (QED) is 0.789. The molecule has 6 nitrogen and oxygen atoms in total. The molecular weight excluding hydrogens is 266 g/mol. The molecule has 1 heterocycles. The second kappa shape index (κ2) is 8.56.